The number of hydrogen-bond donors (Lipinski definition) is 1. The zero-order valence-electron chi connectivity index (χ0n) is 15.6. The fraction of sp³-hybridized carbons (Fsp3) is 0.381. The van der Waals surface area contributed by atoms with E-state index in [1.807, 2.05) is 25.1 Å². The monoisotopic (exact) mass is 368 g/mol. The van der Waals surface area contributed by atoms with Crippen LogP contribution in [0.4, 0.5) is 0 Å². The highest BCUT2D eigenvalue weighted by Gasteiger charge is 2.26. The Morgan fingerprint density at radius 3 is 2.89 bits per heavy atom. The number of carbonyl (C=O) groups is 2. The molecule has 0 unspecified atom stereocenters. The van der Waals surface area contributed by atoms with E-state index in [-0.39, 0.29) is 23.4 Å². The van der Waals surface area contributed by atoms with Gasteiger partial charge in [-0.15, -0.1) is 0 Å². The fourth-order valence-electron chi connectivity index (χ4n) is 3.27. The van der Waals surface area contributed by atoms with E-state index < -0.39 is 12.1 Å². The Kier molecular flexibility index (Phi) is 6.06. The second-order valence-electron chi connectivity index (χ2n) is 6.49. The van der Waals surface area contributed by atoms with Gasteiger partial charge >= 0.3 is 5.97 Å². The van der Waals surface area contributed by atoms with Gasteiger partial charge in [-0.1, -0.05) is 24.3 Å². The molecule has 1 aliphatic carbocycles. The molecule has 0 bridgehead atoms. The molecule has 3 rings (SSSR count). The van der Waals surface area contributed by atoms with Gasteiger partial charge in [-0.2, -0.15) is 0 Å². The molecule has 1 N–H and O–H groups in total. The second kappa shape index (κ2) is 8.66. The van der Waals surface area contributed by atoms with E-state index in [0.29, 0.717) is 6.61 Å². The molecule has 0 radical (unpaired) electrons. The largest absolute Gasteiger partial charge is 0.477 e. The predicted molar refractivity (Wildman–Crippen MR) is 101 cm³/mol. The molecule has 1 aromatic carbocycles. The molecular formula is C21H24N2O4. The number of hydrogen-bond acceptors (Lipinski definition) is 5. The van der Waals surface area contributed by atoms with Gasteiger partial charge in [0.15, 0.2) is 6.10 Å². The van der Waals surface area contributed by atoms with Crippen LogP contribution >= 0.6 is 0 Å². The maximum absolute atomic E-state index is 12.6. The van der Waals surface area contributed by atoms with E-state index in [2.05, 4.69) is 16.4 Å². The maximum atomic E-state index is 12.6. The highest BCUT2D eigenvalue weighted by molar-refractivity contribution is 5.94. The molecule has 0 aliphatic heterocycles. The number of ether oxygens (including phenoxy) is 2. The lowest BCUT2D eigenvalue weighted by atomic mass is 9.87. The van der Waals surface area contributed by atoms with E-state index in [0.717, 1.165) is 24.8 Å². The standard InChI is InChI=1S/C21H24N2O4/c1-3-26-20-17(11-7-13-22-20)21(25)27-14(2)19(24)23-18-12-6-9-15-8-4-5-10-16(15)18/h4-5,7-8,10-11,13-14,18H,3,6,9,12H2,1-2H3,(H,23,24)/t14-,18+/m1/s1. The molecule has 1 amide bonds. The predicted octanol–water partition coefficient (Wildman–Crippen LogP) is 3.22. The number of pyridine rings is 1. The molecule has 0 fully saturated rings. The molecule has 27 heavy (non-hydrogen) atoms. The van der Waals surface area contributed by atoms with Crippen LogP contribution in [-0.4, -0.2) is 29.6 Å². The summed E-state index contributed by atoms with van der Waals surface area (Å²) in [5.41, 5.74) is 2.61. The number of rotatable bonds is 6. The summed E-state index contributed by atoms with van der Waals surface area (Å²) in [6.07, 6.45) is 3.54. The van der Waals surface area contributed by atoms with Crippen LogP contribution in [0.3, 0.4) is 0 Å². The summed E-state index contributed by atoms with van der Waals surface area (Å²) in [5.74, 6) is -0.732. The van der Waals surface area contributed by atoms with Crippen LogP contribution in [-0.2, 0) is 16.0 Å². The third-order valence-electron chi connectivity index (χ3n) is 4.61. The number of fused-ring (bicyclic) bond motifs is 1. The highest BCUT2D eigenvalue weighted by Crippen LogP contribution is 2.29. The Bertz CT molecular complexity index is 821. The van der Waals surface area contributed by atoms with Crippen molar-refractivity contribution in [3.05, 3.63) is 59.3 Å². The molecular weight excluding hydrogens is 344 g/mol. The minimum Gasteiger partial charge on any atom is -0.477 e. The van der Waals surface area contributed by atoms with Gasteiger partial charge in [0.2, 0.25) is 5.88 Å². The van der Waals surface area contributed by atoms with Crippen LogP contribution < -0.4 is 10.1 Å². The summed E-state index contributed by atoms with van der Waals surface area (Å²) in [5, 5.41) is 3.01. The Balaban J connectivity index is 1.64. The quantitative estimate of drug-likeness (QED) is 0.792. The normalized spacial score (nSPS) is 16.7. The van der Waals surface area contributed by atoms with Gasteiger partial charge < -0.3 is 14.8 Å². The molecule has 6 heteroatoms. The lowest BCUT2D eigenvalue weighted by Crippen LogP contribution is -2.39. The molecule has 1 aromatic heterocycles. The molecule has 0 spiro atoms. The SMILES string of the molecule is CCOc1ncccc1C(=O)O[C@H](C)C(=O)N[C@H]1CCCc2ccccc21. The van der Waals surface area contributed by atoms with Crippen molar-refractivity contribution in [3.63, 3.8) is 0 Å². The van der Waals surface area contributed by atoms with E-state index in [1.54, 1.807) is 25.3 Å². The first-order valence-corrected chi connectivity index (χ1v) is 9.27. The number of aromatic nitrogens is 1. The minimum absolute atomic E-state index is 0.0546. The highest BCUT2D eigenvalue weighted by atomic mass is 16.5. The molecule has 2 atom stereocenters. The van der Waals surface area contributed by atoms with Gasteiger partial charge in [-0.25, -0.2) is 9.78 Å². The molecule has 142 valence electrons. The zero-order chi connectivity index (χ0) is 19.2. The summed E-state index contributed by atoms with van der Waals surface area (Å²) < 4.78 is 10.7. The number of benzene rings is 1. The molecule has 6 nitrogen and oxygen atoms in total. The fourth-order valence-corrected chi connectivity index (χ4v) is 3.27. The Morgan fingerprint density at radius 1 is 1.26 bits per heavy atom. The second-order valence-corrected chi connectivity index (χ2v) is 6.49. The third-order valence-corrected chi connectivity index (χ3v) is 4.61. The maximum Gasteiger partial charge on any atom is 0.344 e. The first-order valence-electron chi connectivity index (χ1n) is 9.27. The topological polar surface area (TPSA) is 77.5 Å². The van der Waals surface area contributed by atoms with Crippen molar-refractivity contribution in [2.75, 3.05) is 6.61 Å². The summed E-state index contributed by atoms with van der Waals surface area (Å²) >= 11 is 0. The lowest BCUT2D eigenvalue weighted by molar-refractivity contribution is -0.130. The first-order chi connectivity index (χ1) is 13.1. The van der Waals surface area contributed by atoms with Crippen molar-refractivity contribution in [3.8, 4) is 5.88 Å². The van der Waals surface area contributed by atoms with E-state index >= 15 is 0 Å². The van der Waals surface area contributed by atoms with Crippen molar-refractivity contribution in [2.24, 2.45) is 0 Å². The average molecular weight is 368 g/mol. The van der Waals surface area contributed by atoms with Crippen molar-refractivity contribution in [1.82, 2.24) is 10.3 Å². The lowest BCUT2D eigenvalue weighted by Gasteiger charge is -2.27. The van der Waals surface area contributed by atoms with Crippen LogP contribution in [0, 0.1) is 0 Å². The molecule has 2 aromatic rings. The molecule has 0 saturated carbocycles. The number of aryl methyl sites for hydroxylation is 1. The van der Waals surface area contributed by atoms with Crippen molar-refractivity contribution in [1.29, 1.82) is 0 Å². The Labute approximate surface area is 158 Å². The van der Waals surface area contributed by atoms with Crippen molar-refractivity contribution < 1.29 is 19.1 Å². The van der Waals surface area contributed by atoms with Crippen LogP contribution in [0.25, 0.3) is 0 Å². The van der Waals surface area contributed by atoms with Crippen LogP contribution in [0.1, 0.15) is 54.2 Å². The van der Waals surface area contributed by atoms with Crippen molar-refractivity contribution >= 4 is 11.9 Å². The summed E-state index contributed by atoms with van der Waals surface area (Å²) in [4.78, 5) is 29.0. The van der Waals surface area contributed by atoms with Crippen LogP contribution in [0.15, 0.2) is 42.6 Å². The summed E-state index contributed by atoms with van der Waals surface area (Å²) in [6.45, 7) is 3.76. The van der Waals surface area contributed by atoms with Gasteiger partial charge in [-0.3, -0.25) is 4.79 Å². The molecule has 1 aliphatic rings. The number of amides is 1. The van der Waals surface area contributed by atoms with Gasteiger partial charge in [0.1, 0.15) is 5.56 Å². The Hall–Kier alpha value is -2.89. The van der Waals surface area contributed by atoms with Crippen LogP contribution in [0.2, 0.25) is 0 Å². The van der Waals surface area contributed by atoms with E-state index in [9.17, 15) is 9.59 Å². The van der Waals surface area contributed by atoms with E-state index in [4.69, 9.17) is 9.47 Å². The van der Waals surface area contributed by atoms with Gasteiger partial charge in [0.25, 0.3) is 5.91 Å². The summed E-state index contributed by atoms with van der Waals surface area (Å²) in [7, 11) is 0. The van der Waals surface area contributed by atoms with Gasteiger partial charge in [0.05, 0.1) is 12.6 Å². The zero-order valence-corrected chi connectivity index (χ0v) is 15.6. The van der Waals surface area contributed by atoms with Crippen molar-refractivity contribution in [2.45, 2.75) is 45.3 Å². The third kappa shape index (κ3) is 4.45. The smallest absolute Gasteiger partial charge is 0.344 e. The number of carbonyl (C=O) groups excluding carboxylic acids is 2. The van der Waals surface area contributed by atoms with Gasteiger partial charge in [0, 0.05) is 6.20 Å². The number of nitrogens with one attached hydrogen (secondary N) is 1. The van der Waals surface area contributed by atoms with Crippen LogP contribution in [0.5, 0.6) is 5.88 Å². The first kappa shape index (κ1) is 18.9. The van der Waals surface area contributed by atoms with Gasteiger partial charge in [-0.05, 0) is 56.4 Å². The number of esters is 1. The number of nitrogens with zero attached hydrogens (tertiary/aromatic N) is 1. The summed E-state index contributed by atoms with van der Waals surface area (Å²) in [6, 6.07) is 11.3. The molecule has 0 saturated heterocycles. The average Bonchev–Trinajstić information content (AvgIpc) is 2.69. The minimum atomic E-state index is -0.915. The van der Waals surface area contributed by atoms with E-state index in [1.165, 1.54) is 5.56 Å². The Morgan fingerprint density at radius 2 is 2.07 bits per heavy atom. The molecule has 1 heterocycles.